The Morgan fingerprint density at radius 2 is 1.89 bits per heavy atom. The van der Waals surface area contributed by atoms with E-state index in [-0.39, 0.29) is 38.4 Å². The Morgan fingerprint density at radius 3 is 2.55 bits per heavy atom. The number of rotatable bonds is 8. The summed E-state index contributed by atoms with van der Waals surface area (Å²) in [6.45, 7) is -1.68. The number of anilines is 2. The number of carbonyl (C=O) groups is 1. The van der Waals surface area contributed by atoms with Crippen LogP contribution in [-0.2, 0) is 19.8 Å². The van der Waals surface area contributed by atoms with Crippen LogP contribution in [0.15, 0.2) is 36.8 Å². The Morgan fingerprint density at radius 1 is 1.18 bits per heavy atom. The van der Waals surface area contributed by atoms with Gasteiger partial charge < -0.3 is 15.4 Å². The lowest BCUT2D eigenvalue weighted by atomic mass is 10.1. The van der Waals surface area contributed by atoms with Crippen LogP contribution in [0.2, 0.25) is 10.0 Å². The molecule has 0 aliphatic carbocycles. The van der Waals surface area contributed by atoms with Crippen LogP contribution in [-0.4, -0.2) is 43.4 Å². The number of hydrogen-bond donors (Lipinski definition) is 2. The predicted octanol–water partition coefficient (Wildman–Crippen LogP) is 5.40. The first-order valence-electron chi connectivity index (χ1n) is 10.6. The average molecular weight is 576 g/mol. The second-order valence-corrected chi connectivity index (χ2v) is 8.48. The minimum absolute atomic E-state index is 0.138. The second-order valence-electron chi connectivity index (χ2n) is 7.66. The van der Waals surface area contributed by atoms with E-state index < -0.39 is 48.8 Å². The van der Waals surface area contributed by atoms with Gasteiger partial charge in [0.2, 0.25) is 11.8 Å². The molecule has 16 heteroatoms. The van der Waals surface area contributed by atoms with E-state index in [9.17, 15) is 26.7 Å². The van der Waals surface area contributed by atoms with Crippen LogP contribution in [0.5, 0.6) is 5.88 Å². The van der Waals surface area contributed by atoms with Gasteiger partial charge in [-0.15, -0.1) is 0 Å². The molecule has 4 heterocycles. The van der Waals surface area contributed by atoms with Crippen molar-refractivity contribution in [2.24, 2.45) is 7.05 Å². The molecule has 4 aromatic rings. The number of amides is 1. The van der Waals surface area contributed by atoms with Crippen LogP contribution in [0.4, 0.5) is 33.6 Å². The minimum Gasteiger partial charge on any atom is -0.471 e. The summed E-state index contributed by atoms with van der Waals surface area (Å²) < 4.78 is 72.0. The highest BCUT2D eigenvalue weighted by Crippen LogP contribution is 2.33. The van der Waals surface area contributed by atoms with Crippen LogP contribution >= 0.6 is 23.2 Å². The molecular formula is C22H16Cl2F5N7O2. The number of alkyl halides is 5. The van der Waals surface area contributed by atoms with E-state index in [1.807, 2.05) is 0 Å². The molecule has 0 fully saturated rings. The van der Waals surface area contributed by atoms with Crippen molar-refractivity contribution < 1.29 is 31.5 Å². The third kappa shape index (κ3) is 5.86. The molecule has 200 valence electrons. The molecule has 1 amide bonds. The fraction of sp³-hybridized carbons (Fsp3) is 0.227. The Balaban J connectivity index is 1.68. The van der Waals surface area contributed by atoms with Crippen LogP contribution in [0.25, 0.3) is 11.2 Å². The number of fused-ring (bicyclic) bond motifs is 1. The maximum Gasteiger partial charge on any atom is 0.418 e. The zero-order valence-electron chi connectivity index (χ0n) is 19.2. The maximum atomic E-state index is 13.3. The van der Waals surface area contributed by atoms with Gasteiger partial charge in [0.05, 0.1) is 33.5 Å². The summed E-state index contributed by atoms with van der Waals surface area (Å²) >= 11 is 12.3. The lowest BCUT2D eigenvalue weighted by Crippen LogP contribution is -2.26. The first-order chi connectivity index (χ1) is 18.0. The average Bonchev–Trinajstić information content (AvgIpc) is 3.16. The third-order valence-corrected chi connectivity index (χ3v) is 5.68. The van der Waals surface area contributed by atoms with Crippen molar-refractivity contribution in [2.75, 3.05) is 11.9 Å². The van der Waals surface area contributed by atoms with Crippen LogP contribution in [0.1, 0.15) is 21.6 Å². The van der Waals surface area contributed by atoms with Crippen molar-refractivity contribution >= 4 is 51.9 Å². The molecule has 4 rings (SSSR count). The van der Waals surface area contributed by atoms with Crippen LogP contribution in [0.3, 0.4) is 0 Å². The van der Waals surface area contributed by atoms with E-state index in [4.69, 9.17) is 27.9 Å². The van der Waals surface area contributed by atoms with E-state index in [0.717, 1.165) is 18.3 Å². The molecule has 0 aliphatic heterocycles. The molecule has 0 atom stereocenters. The van der Waals surface area contributed by atoms with Gasteiger partial charge in [0.15, 0.2) is 12.3 Å². The number of pyridine rings is 3. The van der Waals surface area contributed by atoms with Crippen molar-refractivity contribution in [3.63, 3.8) is 0 Å². The topological polar surface area (TPSA) is 107 Å². The third-order valence-electron chi connectivity index (χ3n) is 5.10. The Labute approximate surface area is 221 Å². The molecule has 38 heavy (non-hydrogen) atoms. The van der Waals surface area contributed by atoms with E-state index in [2.05, 4.69) is 30.6 Å². The number of hydrogen-bond acceptors (Lipinski definition) is 7. The van der Waals surface area contributed by atoms with Gasteiger partial charge in [-0.2, -0.15) is 18.2 Å². The first-order valence-corrected chi connectivity index (χ1v) is 11.3. The quantitative estimate of drug-likeness (QED) is 0.271. The van der Waals surface area contributed by atoms with E-state index in [1.54, 1.807) is 7.05 Å². The molecule has 0 spiro atoms. The number of ether oxygens (including phenoxy) is 1. The van der Waals surface area contributed by atoms with Crippen LogP contribution in [0, 0.1) is 0 Å². The molecule has 0 aliphatic rings. The number of nitrogens with zero attached hydrogens (tertiary/aromatic N) is 5. The number of aromatic nitrogens is 5. The summed E-state index contributed by atoms with van der Waals surface area (Å²) in [6.07, 6.45) is -3.74. The molecule has 0 bridgehead atoms. The highest BCUT2D eigenvalue weighted by molar-refractivity contribution is 6.39. The molecule has 0 unspecified atom stereocenters. The second kappa shape index (κ2) is 10.9. The molecular weight excluding hydrogens is 560 g/mol. The Hall–Kier alpha value is -3.78. The fourth-order valence-corrected chi connectivity index (χ4v) is 3.82. The van der Waals surface area contributed by atoms with Crippen molar-refractivity contribution in [1.82, 2.24) is 29.8 Å². The number of halogens is 7. The Bertz CT molecular complexity index is 1480. The van der Waals surface area contributed by atoms with Gasteiger partial charge in [-0.3, -0.25) is 19.3 Å². The fourth-order valence-electron chi connectivity index (χ4n) is 3.36. The van der Waals surface area contributed by atoms with Gasteiger partial charge in [0.1, 0.15) is 11.1 Å². The van der Waals surface area contributed by atoms with Gasteiger partial charge in [-0.05, 0) is 18.2 Å². The zero-order chi connectivity index (χ0) is 27.6. The van der Waals surface area contributed by atoms with Gasteiger partial charge in [-0.25, -0.2) is 13.8 Å². The smallest absolute Gasteiger partial charge is 0.418 e. The number of carbonyl (C=O) groups excluding carboxylic acids is 1. The molecule has 9 nitrogen and oxygen atoms in total. The molecule has 0 radical (unpaired) electrons. The summed E-state index contributed by atoms with van der Waals surface area (Å²) in [6, 6.07) is 3.15. The molecule has 2 N–H and O–H groups in total. The number of aryl methyl sites for hydroxylation is 1. The summed E-state index contributed by atoms with van der Waals surface area (Å²) in [7, 11) is 1.55. The van der Waals surface area contributed by atoms with Gasteiger partial charge in [0.25, 0.3) is 12.3 Å². The number of nitrogens with one attached hydrogen (secondary N) is 2. The van der Waals surface area contributed by atoms with Crippen molar-refractivity contribution in [3.8, 4) is 5.88 Å². The first kappa shape index (κ1) is 27.3. The molecule has 0 saturated carbocycles. The van der Waals surface area contributed by atoms with Gasteiger partial charge in [0, 0.05) is 25.6 Å². The zero-order valence-corrected chi connectivity index (χ0v) is 20.7. The van der Waals surface area contributed by atoms with Gasteiger partial charge in [-0.1, -0.05) is 23.2 Å². The summed E-state index contributed by atoms with van der Waals surface area (Å²) in [5, 5.41) is 5.58. The predicted molar refractivity (Wildman–Crippen MR) is 128 cm³/mol. The van der Waals surface area contributed by atoms with Crippen molar-refractivity contribution in [1.29, 1.82) is 0 Å². The SMILES string of the molecule is Cn1c(Nc2c(Cl)cncc2Cl)nc2cc(C(=O)NCc3ncccc3C(F)(F)F)c(OCC(F)F)nc21. The summed E-state index contributed by atoms with van der Waals surface area (Å²) in [5.41, 5.74) is -1.24. The highest BCUT2D eigenvalue weighted by Gasteiger charge is 2.34. The maximum absolute atomic E-state index is 13.3. The monoisotopic (exact) mass is 575 g/mol. The van der Waals surface area contributed by atoms with Crippen molar-refractivity contribution in [3.05, 3.63) is 63.7 Å². The summed E-state index contributed by atoms with van der Waals surface area (Å²) in [5.74, 6) is -1.24. The largest absolute Gasteiger partial charge is 0.471 e. The number of imidazole rings is 1. The van der Waals surface area contributed by atoms with E-state index in [0.29, 0.717) is 0 Å². The minimum atomic E-state index is -4.70. The molecule has 0 aromatic carbocycles. The van der Waals surface area contributed by atoms with Crippen LogP contribution < -0.4 is 15.4 Å². The standard InChI is InChI=1S/C22H16Cl2F5N7O2/c1-36-18-14(33-21(36)34-17-12(23)6-30-7-13(17)24)5-10(20(35-18)38-9-16(25)26)19(37)32-8-15-11(22(27,28)29)3-2-4-31-15/h2-7,16H,8-9H2,1H3,(H,32,37)(H,30,33,34). The lowest BCUT2D eigenvalue weighted by molar-refractivity contribution is -0.138. The van der Waals surface area contributed by atoms with Gasteiger partial charge >= 0.3 is 6.18 Å². The molecule has 0 saturated heterocycles. The Kier molecular flexibility index (Phi) is 7.83. The summed E-state index contributed by atoms with van der Waals surface area (Å²) in [4.78, 5) is 29.0. The van der Waals surface area contributed by atoms with Crippen molar-refractivity contribution in [2.45, 2.75) is 19.1 Å². The lowest BCUT2D eigenvalue weighted by Gasteiger charge is -2.13. The van der Waals surface area contributed by atoms with E-state index in [1.165, 1.54) is 23.0 Å². The molecule has 4 aromatic heterocycles. The highest BCUT2D eigenvalue weighted by atomic mass is 35.5. The normalized spacial score (nSPS) is 11.7. The van der Waals surface area contributed by atoms with E-state index >= 15 is 0 Å².